The number of nitrogens with one attached hydrogen (secondary N) is 2. The highest BCUT2D eigenvalue weighted by Crippen LogP contribution is 2.12. The van der Waals surface area contributed by atoms with E-state index in [2.05, 4.69) is 17.4 Å². The second-order valence-electron chi connectivity index (χ2n) is 5.15. The molecule has 0 aromatic heterocycles. The number of hydrogen-bond donors (Lipinski definition) is 2. The van der Waals surface area contributed by atoms with E-state index in [9.17, 15) is 9.18 Å². The maximum absolute atomic E-state index is 13.4. The molecular formula is C17H20FN2O+. The van der Waals surface area contributed by atoms with E-state index >= 15 is 0 Å². The van der Waals surface area contributed by atoms with Gasteiger partial charge in [0.1, 0.15) is 12.4 Å². The van der Waals surface area contributed by atoms with Crippen molar-refractivity contribution in [2.75, 3.05) is 18.9 Å². The van der Waals surface area contributed by atoms with Crippen LogP contribution in [0.1, 0.15) is 12.0 Å². The first-order valence-electron chi connectivity index (χ1n) is 7.05. The lowest BCUT2D eigenvalue weighted by molar-refractivity contribution is -0.893. The number of carbonyl (C=O) groups is 1. The molecule has 2 rings (SSSR count). The molecular weight excluding hydrogens is 267 g/mol. The van der Waals surface area contributed by atoms with Gasteiger partial charge in [0.2, 0.25) is 5.91 Å². The maximum atomic E-state index is 13.4. The van der Waals surface area contributed by atoms with Gasteiger partial charge < -0.3 is 10.2 Å². The summed E-state index contributed by atoms with van der Waals surface area (Å²) in [6, 6.07) is 16.3. The predicted molar refractivity (Wildman–Crippen MR) is 81.5 cm³/mol. The molecule has 2 aromatic carbocycles. The Labute approximate surface area is 124 Å². The molecule has 110 valence electrons. The lowest BCUT2D eigenvalue weighted by Gasteiger charge is -2.14. The number of hydrogen-bond acceptors (Lipinski definition) is 1. The number of amides is 1. The number of anilines is 1. The molecule has 1 atom stereocenters. The van der Waals surface area contributed by atoms with Crippen molar-refractivity contribution in [2.24, 2.45) is 0 Å². The number of halogens is 1. The smallest absolute Gasteiger partial charge is 0.230 e. The van der Waals surface area contributed by atoms with Crippen LogP contribution in [0.4, 0.5) is 10.1 Å². The van der Waals surface area contributed by atoms with Crippen molar-refractivity contribution < 1.29 is 14.1 Å². The third-order valence-corrected chi connectivity index (χ3v) is 3.28. The van der Waals surface area contributed by atoms with E-state index in [1.54, 1.807) is 18.2 Å². The SMILES string of the molecule is C[NH+](CCC(=O)Nc1ccccc1F)Cc1ccccc1. The standard InChI is InChI=1S/C17H19FN2O/c1-20(13-14-7-3-2-4-8-14)12-11-17(21)19-16-10-6-5-9-15(16)18/h2-10H,11-13H2,1H3,(H,19,21)/p+1. The van der Waals surface area contributed by atoms with E-state index in [1.165, 1.54) is 16.5 Å². The molecule has 0 aliphatic heterocycles. The van der Waals surface area contributed by atoms with Crippen molar-refractivity contribution in [1.29, 1.82) is 0 Å². The molecule has 0 saturated carbocycles. The summed E-state index contributed by atoms with van der Waals surface area (Å²) in [5, 5.41) is 2.60. The summed E-state index contributed by atoms with van der Waals surface area (Å²) in [6.45, 7) is 1.57. The number of quaternary nitrogens is 1. The molecule has 3 nitrogen and oxygen atoms in total. The number of para-hydroxylation sites is 1. The van der Waals surface area contributed by atoms with E-state index in [0.717, 1.165) is 6.54 Å². The van der Waals surface area contributed by atoms with Crippen molar-refractivity contribution in [1.82, 2.24) is 0 Å². The highest BCUT2D eigenvalue weighted by molar-refractivity contribution is 5.90. The summed E-state index contributed by atoms with van der Waals surface area (Å²) in [4.78, 5) is 13.1. The topological polar surface area (TPSA) is 33.5 Å². The van der Waals surface area contributed by atoms with Crippen LogP contribution in [-0.2, 0) is 11.3 Å². The molecule has 4 heteroatoms. The van der Waals surface area contributed by atoms with Crippen LogP contribution >= 0.6 is 0 Å². The number of rotatable bonds is 6. The average molecular weight is 287 g/mol. The van der Waals surface area contributed by atoms with Gasteiger partial charge in [-0.1, -0.05) is 42.5 Å². The highest BCUT2D eigenvalue weighted by Gasteiger charge is 2.10. The zero-order valence-electron chi connectivity index (χ0n) is 12.1. The molecule has 0 radical (unpaired) electrons. The number of carbonyl (C=O) groups excluding carboxylic acids is 1. The summed E-state index contributed by atoms with van der Waals surface area (Å²) >= 11 is 0. The van der Waals surface area contributed by atoms with E-state index in [1.807, 2.05) is 25.2 Å². The Balaban J connectivity index is 1.77. The molecule has 0 saturated heterocycles. The lowest BCUT2D eigenvalue weighted by atomic mass is 10.2. The van der Waals surface area contributed by atoms with Crippen molar-refractivity contribution in [3.8, 4) is 0 Å². The Bertz CT molecular complexity index is 586. The molecule has 0 heterocycles. The molecule has 1 amide bonds. The Hall–Kier alpha value is -2.20. The molecule has 0 bridgehead atoms. The van der Waals surface area contributed by atoms with Gasteiger partial charge in [0.25, 0.3) is 0 Å². The van der Waals surface area contributed by atoms with Gasteiger partial charge in [-0.25, -0.2) is 4.39 Å². The third-order valence-electron chi connectivity index (χ3n) is 3.28. The molecule has 1 unspecified atom stereocenters. The van der Waals surface area contributed by atoms with Crippen LogP contribution in [0, 0.1) is 5.82 Å². The van der Waals surface area contributed by atoms with Crippen LogP contribution in [0.25, 0.3) is 0 Å². The van der Waals surface area contributed by atoms with Crippen molar-refractivity contribution >= 4 is 11.6 Å². The highest BCUT2D eigenvalue weighted by atomic mass is 19.1. The van der Waals surface area contributed by atoms with Gasteiger partial charge in [0.15, 0.2) is 0 Å². The molecule has 2 N–H and O–H groups in total. The fourth-order valence-corrected chi connectivity index (χ4v) is 2.13. The first kappa shape index (κ1) is 15.2. The minimum Gasteiger partial charge on any atom is -0.333 e. The predicted octanol–water partition coefficient (Wildman–Crippen LogP) is 1.87. The van der Waals surface area contributed by atoms with Crippen LogP contribution in [-0.4, -0.2) is 19.5 Å². The van der Waals surface area contributed by atoms with Gasteiger partial charge in [-0.2, -0.15) is 0 Å². The molecule has 0 aliphatic rings. The maximum Gasteiger partial charge on any atom is 0.230 e. The molecule has 21 heavy (non-hydrogen) atoms. The Morgan fingerprint density at radius 3 is 2.48 bits per heavy atom. The summed E-state index contributed by atoms with van der Waals surface area (Å²) in [7, 11) is 2.05. The number of benzene rings is 2. The van der Waals surface area contributed by atoms with Crippen molar-refractivity contribution in [3.63, 3.8) is 0 Å². The van der Waals surface area contributed by atoms with Crippen molar-refractivity contribution in [2.45, 2.75) is 13.0 Å². The second kappa shape index (κ2) is 7.55. The van der Waals surface area contributed by atoms with E-state index in [4.69, 9.17) is 0 Å². The molecule has 2 aromatic rings. The average Bonchev–Trinajstić information content (AvgIpc) is 2.49. The van der Waals surface area contributed by atoms with Crippen LogP contribution in [0.5, 0.6) is 0 Å². The fraction of sp³-hybridized carbons (Fsp3) is 0.235. The largest absolute Gasteiger partial charge is 0.333 e. The molecule has 0 aliphatic carbocycles. The Kier molecular flexibility index (Phi) is 5.46. The molecule has 0 fully saturated rings. The third kappa shape index (κ3) is 5.00. The molecule has 0 spiro atoms. The van der Waals surface area contributed by atoms with Gasteiger partial charge in [0, 0.05) is 5.56 Å². The zero-order valence-corrected chi connectivity index (χ0v) is 12.1. The van der Waals surface area contributed by atoms with Crippen LogP contribution in [0.15, 0.2) is 54.6 Å². The summed E-state index contributed by atoms with van der Waals surface area (Å²) in [5.74, 6) is -0.566. The fourth-order valence-electron chi connectivity index (χ4n) is 2.13. The van der Waals surface area contributed by atoms with Crippen LogP contribution in [0.3, 0.4) is 0 Å². The first-order chi connectivity index (χ1) is 10.1. The summed E-state index contributed by atoms with van der Waals surface area (Å²) < 4.78 is 13.4. The van der Waals surface area contributed by atoms with Gasteiger partial charge >= 0.3 is 0 Å². The minimum atomic E-state index is -0.407. The zero-order chi connectivity index (χ0) is 15.1. The van der Waals surface area contributed by atoms with Crippen molar-refractivity contribution in [3.05, 3.63) is 66.0 Å². The van der Waals surface area contributed by atoms with Crippen LogP contribution < -0.4 is 10.2 Å². The second-order valence-corrected chi connectivity index (χ2v) is 5.15. The van der Waals surface area contributed by atoms with E-state index in [0.29, 0.717) is 13.0 Å². The Morgan fingerprint density at radius 1 is 1.10 bits per heavy atom. The van der Waals surface area contributed by atoms with Gasteiger partial charge in [-0.15, -0.1) is 0 Å². The minimum absolute atomic E-state index is 0.160. The lowest BCUT2D eigenvalue weighted by Crippen LogP contribution is -3.07. The summed E-state index contributed by atoms with van der Waals surface area (Å²) in [6.07, 6.45) is 0.368. The quantitative estimate of drug-likeness (QED) is 0.835. The summed E-state index contributed by atoms with van der Waals surface area (Å²) in [5.41, 5.74) is 1.48. The van der Waals surface area contributed by atoms with Gasteiger partial charge in [-0.05, 0) is 12.1 Å². The van der Waals surface area contributed by atoms with Gasteiger partial charge in [-0.3, -0.25) is 4.79 Å². The van der Waals surface area contributed by atoms with Crippen LogP contribution in [0.2, 0.25) is 0 Å². The van der Waals surface area contributed by atoms with Gasteiger partial charge in [0.05, 0.1) is 25.7 Å². The Morgan fingerprint density at radius 2 is 1.76 bits per heavy atom. The first-order valence-corrected chi connectivity index (χ1v) is 7.05. The monoisotopic (exact) mass is 287 g/mol. The normalized spacial score (nSPS) is 11.9. The van der Waals surface area contributed by atoms with E-state index < -0.39 is 5.82 Å². The van der Waals surface area contributed by atoms with E-state index in [-0.39, 0.29) is 11.6 Å².